The van der Waals surface area contributed by atoms with Gasteiger partial charge >= 0.3 is 6.03 Å². The minimum atomic E-state index is -1.57. The maximum Gasteiger partial charge on any atom is 0.322 e. The van der Waals surface area contributed by atoms with Crippen LogP contribution in [0.1, 0.15) is 21.6 Å². The van der Waals surface area contributed by atoms with E-state index in [2.05, 4.69) is 25.8 Å². The second kappa shape index (κ2) is 6.90. The maximum atomic E-state index is 13.0. The molecule has 0 radical (unpaired) electrons. The summed E-state index contributed by atoms with van der Waals surface area (Å²) in [6.45, 7) is 0.186. The number of nitrogens with zero attached hydrogens (tertiary/aromatic N) is 5. The lowest BCUT2D eigenvalue weighted by atomic mass is 9.95. The maximum absolute atomic E-state index is 13.0. The molecule has 11 heteroatoms. The van der Waals surface area contributed by atoms with Gasteiger partial charge in [0.25, 0.3) is 11.8 Å². The van der Waals surface area contributed by atoms with Gasteiger partial charge in [0.15, 0.2) is 5.54 Å². The van der Waals surface area contributed by atoms with Crippen molar-refractivity contribution in [2.75, 3.05) is 13.7 Å². The molecule has 0 aliphatic carbocycles. The molecule has 0 saturated carbocycles. The van der Waals surface area contributed by atoms with Crippen molar-refractivity contribution in [1.29, 1.82) is 0 Å². The molecule has 1 saturated heterocycles. The molecule has 156 valence electrons. The van der Waals surface area contributed by atoms with Gasteiger partial charge in [-0.15, -0.1) is 4.80 Å². The van der Waals surface area contributed by atoms with Gasteiger partial charge in [-0.1, -0.05) is 6.07 Å². The van der Waals surface area contributed by atoms with E-state index >= 15 is 0 Å². The van der Waals surface area contributed by atoms with Crippen LogP contribution in [-0.2, 0) is 16.9 Å². The number of urea groups is 1. The van der Waals surface area contributed by atoms with Crippen LogP contribution in [0.4, 0.5) is 4.79 Å². The molecule has 11 nitrogen and oxygen atoms in total. The monoisotopic (exact) mass is 419 g/mol. The zero-order valence-corrected chi connectivity index (χ0v) is 16.4. The number of methoxy groups -OCH3 is 1. The molecule has 2 aliphatic heterocycles. The van der Waals surface area contributed by atoms with Gasteiger partial charge in [-0.05, 0) is 29.8 Å². The van der Waals surface area contributed by atoms with Crippen LogP contribution in [0.3, 0.4) is 0 Å². The minimum absolute atomic E-state index is 0.105. The quantitative estimate of drug-likeness (QED) is 0.571. The highest BCUT2D eigenvalue weighted by Crippen LogP contribution is 2.31. The molecule has 4 heterocycles. The summed E-state index contributed by atoms with van der Waals surface area (Å²) in [5, 5.41) is 13.5. The first-order chi connectivity index (χ1) is 15.0. The Kier molecular flexibility index (Phi) is 4.17. The van der Waals surface area contributed by atoms with Crippen LogP contribution >= 0.6 is 0 Å². The molecule has 0 bridgehead atoms. The number of nitrogens with one attached hydrogen (secondary N) is 2. The minimum Gasteiger partial charge on any atom is -0.497 e. The van der Waals surface area contributed by atoms with E-state index in [1.54, 1.807) is 36.7 Å². The zero-order valence-electron chi connectivity index (χ0n) is 16.4. The highest BCUT2D eigenvalue weighted by molar-refractivity contribution is 6.08. The zero-order chi connectivity index (χ0) is 21.6. The van der Waals surface area contributed by atoms with Crippen LogP contribution in [0.15, 0.2) is 48.9 Å². The van der Waals surface area contributed by atoms with Crippen LogP contribution in [-0.4, -0.2) is 56.4 Å². The van der Waals surface area contributed by atoms with Gasteiger partial charge in [0, 0.05) is 18.3 Å². The summed E-state index contributed by atoms with van der Waals surface area (Å²) in [4.78, 5) is 44.8. The van der Waals surface area contributed by atoms with Gasteiger partial charge in [-0.3, -0.25) is 19.9 Å². The number of pyridine rings is 1. The predicted octanol–water partition coefficient (Wildman–Crippen LogP) is 0.362. The smallest absolute Gasteiger partial charge is 0.322 e. The van der Waals surface area contributed by atoms with E-state index in [1.165, 1.54) is 23.0 Å². The van der Waals surface area contributed by atoms with Gasteiger partial charge < -0.3 is 15.0 Å². The lowest BCUT2D eigenvalue weighted by molar-refractivity contribution is -0.125. The van der Waals surface area contributed by atoms with Gasteiger partial charge in [0.1, 0.15) is 17.1 Å². The Morgan fingerprint density at radius 3 is 2.77 bits per heavy atom. The van der Waals surface area contributed by atoms with Crippen molar-refractivity contribution in [3.05, 3.63) is 65.7 Å². The number of hydrogen-bond donors (Lipinski definition) is 2. The van der Waals surface area contributed by atoms with Gasteiger partial charge in [0.05, 0.1) is 26.0 Å². The van der Waals surface area contributed by atoms with Crippen molar-refractivity contribution >= 4 is 17.8 Å². The first kappa shape index (κ1) is 18.7. The molecule has 1 aromatic carbocycles. The van der Waals surface area contributed by atoms with Crippen molar-refractivity contribution in [3.63, 3.8) is 0 Å². The number of aromatic nitrogens is 4. The standard InChI is InChI=1S/C20H17N7O4/c1-31-14-5-4-12-10-26(17(28)15(12)7-14)11-20(18(29)23-19(30)24-20)16-9-22-27(25-16)13-3-2-6-21-8-13/h2-9H,10-11H2,1H3,(H2,23,24,29,30)/t20-/m0/s1. The molecular formula is C20H17N7O4. The summed E-state index contributed by atoms with van der Waals surface area (Å²) in [5.74, 6) is -0.297. The van der Waals surface area contributed by atoms with Gasteiger partial charge in [-0.2, -0.15) is 10.2 Å². The fraction of sp³-hybridized carbons (Fsp3) is 0.200. The van der Waals surface area contributed by atoms with E-state index < -0.39 is 17.5 Å². The molecule has 31 heavy (non-hydrogen) atoms. The third-order valence-electron chi connectivity index (χ3n) is 5.37. The normalized spacial score (nSPS) is 19.9. The average Bonchev–Trinajstić information content (AvgIpc) is 3.46. The van der Waals surface area contributed by atoms with Crippen molar-refractivity contribution in [1.82, 2.24) is 35.5 Å². The van der Waals surface area contributed by atoms with Gasteiger partial charge in [-0.25, -0.2) is 4.79 Å². The fourth-order valence-electron chi connectivity index (χ4n) is 3.80. The number of amides is 4. The number of rotatable bonds is 5. The molecule has 1 atom stereocenters. The van der Waals surface area contributed by atoms with Crippen LogP contribution in [0.25, 0.3) is 5.69 Å². The Hall–Kier alpha value is -4.28. The van der Waals surface area contributed by atoms with E-state index in [0.29, 0.717) is 23.5 Å². The SMILES string of the molecule is COc1ccc2c(c1)C(=O)N(C[C@@]1(c3cnn(-c4cccnc4)n3)NC(=O)NC1=O)C2. The molecule has 2 aromatic heterocycles. The number of benzene rings is 1. The number of hydrogen-bond acceptors (Lipinski definition) is 7. The molecule has 0 unspecified atom stereocenters. The number of carbonyl (C=O) groups is 3. The average molecular weight is 419 g/mol. The van der Waals surface area contributed by atoms with Crippen molar-refractivity contribution in [2.45, 2.75) is 12.1 Å². The predicted molar refractivity (Wildman–Crippen MR) is 105 cm³/mol. The molecule has 4 amide bonds. The van der Waals surface area contributed by atoms with Crippen molar-refractivity contribution < 1.29 is 19.1 Å². The molecule has 2 N–H and O–H groups in total. The highest BCUT2D eigenvalue weighted by Gasteiger charge is 2.52. The van der Waals surface area contributed by atoms with Crippen molar-refractivity contribution in [3.8, 4) is 11.4 Å². The van der Waals surface area contributed by atoms with E-state index in [1.807, 2.05) is 6.07 Å². The summed E-state index contributed by atoms with van der Waals surface area (Å²) in [6.07, 6.45) is 4.58. The fourth-order valence-corrected chi connectivity index (χ4v) is 3.80. The summed E-state index contributed by atoms with van der Waals surface area (Å²) in [5.41, 5.74) is 0.536. The Balaban J connectivity index is 1.50. The van der Waals surface area contributed by atoms with E-state index in [-0.39, 0.29) is 18.1 Å². The highest BCUT2D eigenvalue weighted by atomic mass is 16.5. The molecule has 2 aliphatic rings. The second-order valence-electron chi connectivity index (χ2n) is 7.23. The third-order valence-corrected chi connectivity index (χ3v) is 5.37. The molecule has 5 rings (SSSR count). The molecule has 1 fully saturated rings. The molecule has 0 spiro atoms. The van der Waals surface area contributed by atoms with Crippen LogP contribution in [0, 0.1) is 0 Å². The Bertz CT molecular complexity index is 1210. The number of ether oxygens (including phenoxy) is 1. The van der Waals surface area contributed by atoms with Crippen LogP contribution in [0.2, 0.25) is 0 Å². The van der Waals surface area contributed by atoms with Crippen molar-refractivity contribution in [2.24, 2.45) is 0 Å². The Morgan fingerprint density at radius 1 is 1.19 bits per heavy atom. The Morgan fingerprint density at radius 2 is 2.06 bits per heavy atom. The molecule has 3 aromatic rings. The van der Waals surface area contributed by atoms with E-state index in [0.717, 1.165) is 5.56 Å². The first-order valence-electron chi connectivity index (χ1n) is 9.43. The summed E-state index contributed by atoms with van der Waals surface area (Å²) >= 11 is 0. The largest absolute Gasteiger partial charge is 0.497 e. The topological polar surface area (TPSA) is 131 Å². The second-order valence-corrected chi connectivity index (χ2v) is 7.23. The third kappa shape index (κ3) is 2.98. The summed E-state index contributed by atoms with van der Waals surface area (Å²) in [7, 11) is 1.53. The number of fused-ring (bicyclic) bond motifs is 1. The summed E-state index contributed by atoms with van der Waals surface area (Å²) < 4.78 is 5.20. The lowest BCUT2D eigenvalue weighted by Gasteiger charge is -2.28. The van der Waals surface area contributed by atoms with Crippen LogP contribution < -0.4 is 15.4 Å². The summed E-state index contributed by atoms with van der Waals surface area (Å²) in [6, 6.07) is 8.07. The van der Waals surface area contributed by atoms with E-state index in [9.17, 15) is 14.4 Å². The lowest BCUT2D eigenvalue weighted by Crippen LogP contribution is -2.53. The van der Waals surface area contributed by atoms with Gasteiger partial charge in [0.2, 0.25) is 0 Å². The number of carbonyl (C=O) groups excluding carboxylic acids is 3. The number of imide groups is 1. The first-order valence-corrected chi connectivity index (χ1v) is 9.43. The Labute approximate surface area is 176 Å². The van der Waals surface area contributed by atoms with Crippen LogP contribution in [0.5, 0.6) is 5.75 Å². The molecular weight excluding hydrogens is 402 g/mol. The van der Waals surface area contributed by atoms with E-state index in [4.69, 9.17) is 4.74 Å².